The van der Waals surface area contributed by atoms with Crippen LogP contribution in [0.15, 0.2) is 0 Å². The summed E-state index contributed by atoms with van der Waals surface area (Å²) in [4.78, 5) is 0. The van der Waals surface area contributed by atoms with Crippen LogP contribution in [0, 0.1) is 0 Å². The van der Waals surface area contributed by atoms with Crippen molar-refractivity contribution in [2.45, 2.75) is 40.2 Å². The van der Waals surface area contributed by atoms with Gasteiger partial charge >= 0.3 is 0 Å². The molecule has 0 bridgehead atoms. The van der Waals surface area contributed by atoms with Gasteiger partial charge in [-0.15, -0.1) is 0 Å². The summed E-state index contributed by atoms with van der Waals surface area (Å²) in [6.45, 7) is 9.17. The van der Waals surface area contributed by atoms with Crippen LogP contribution in [0.2, 0.25) is 0 Å². The minimum atomic E-state index is -3.29. The van der Waals surface area contributed by atoms with E-state index in [1.54, 1.807) is 4.31 Å². The summed E-state index contributed by atoms with van der Waals surface area (Å²) >= 11 is 3.33. The lowest BCUT2D eigenvalue weighted by Crippen LogP contribution is -2.47. The monoisotopic (exact) mass is 314 g/mol. The summed E-state index contributed by atoms with van der Waals surface area (Å²) in [5.74, 6) is 0. The first-order valence-electron chi connectivity index (χ1n) is 5.74. The van der Waals surface area contributed by atoms with Gasteiger partial charge in [0.15, 0.2) is 0 Å². The Balaban J connectivity index is 4.88. The van der Waals surface area contributed by atoms with E-state index < -0.39 is 10.2 Å². The molecule has 0 radical (unpaired) electrons. The molecule has 0 unspecified atom stereocenters. The van der Waals surface area contributed by atoms with Gasteiger partial charge in [-0.2, -0.15) is 17.0 Å². The maximum Gasteiger partial charge on any atom is 0.282 e. The number of rotatable bonds is 8. The molecule has 0 aromatic rings. The number of alkyl halides is 1. The van der Waals surface area contributed by atoms with Crippen molar-refractivity contribution in [3.05, 3.63) is 0 Å². The number of halogens is 1. The fourth-order valence-electron chi connectivity index (χ4n) is 1.55. The molecule has 0 saturated heterocycles. The van der Waals surface area contributed by atoms with Crippen LogP contribution in [0.4, 0.5) is 0 Å². The molecule has 98 valence electrons. The number of nitrogens with zero attached hydrogens (tertiary/aromatic N) is 2. The second-order valence-electron chi connectivity index (χ2n) is 3.84. The first-order valence-corrected chi connectivity index (χ1v) is 8.26. The molecule has 0 aliphatic heterocycles. The molecule has 0 spiro atoms. The molecule has 0 aliphatic rings. The predicted octanol–water partition coefficient (Wildman–Crippen LogP) is 2.07. The minimum absolute atomic E-state index is 0.00431. The van der Waals surface area contributed by atoms with Crippen molar-refractivity contribution in [1.29, 1.82) is 0 Å². The van der Waals surface area contributed by atoms with E-state index in [0.717, 1.165) is 11.8 Å². The Kier molecular flexibility index (Phi) is 7.80. The van der Waals surface area contributed by atoms with Gasteiger partial charge in [-0.25, -0.2) is 0 Å². The van der Waals surface area contributed by atoms with Crippen molar-refractivity contribution in [3.8, 4) is 0 Å². The van der Waals surface area contributed by atoms with E-state index in [1.165, 1.54) is 4.31 Å². The van der Waals surface area contributed by atoms with Crippen LogP contribution >= 0.6 is 15.9 Å². The molecule has 0 saturated carbocycles. The summed E-state index contributed by atoms with van der Waals surface area (Å²) in [7, 11) is -3.29. The van der Waals surface area contributed by atoms with Crippen molar-refractivity contribution in [3.63, 3.8) is 0 Å². The topological polar surface area (TPSA) is 40.6 Å². The zero-order valence-corrected chi connectivity index (χ0v) is 13.0. The van der Waals surface area contributed by atoms with Gasteiger partial charge in [0.2, 0.25) is 0 Å². The summed E-state index contributed by atoms with van der Waals surface area (Å²) in [5, 5.41) is 0.823. The predicted molar refractivity (Wildman–Crippen MR) is 72.1 cm³/mol. The van der Waals surface area contributed by atoms with Crippen LogP contribution < -0.4 is 0 Å². The molecular formula is C10H23BrN2O2S. The highest BCUT2D eigenvalue weighted by Crippen LogP contribution is 2.13. The minimum Gasteiger partial charge on any atom is -0.195 e. The van der Waals surface area contributed by atoms with Crippen molar-refractivity contribution in [2.75, 3.05) is 25.0 Å². The second-order valence-corrected chi connectivity index (χ2v) is 6.51. The van der Waals surface area contributed by atoms with Crippen molar-refractivity contribution < 1.29 is 8.42 Å². The molecule has 0 aromatic carbocycles. The van der Waals surface area contributed by atoms with Crippen molar-refractivity contribution in [2.24, 2.45) is 0 Å². The highest BCUT2D eigenvalue weighted by atomic mass is 79.9. The fraction of sp³-hybridized carbons (Fsp3) is 1.00. The van der Waals surface area contributed by atoms with E-state index in [4.69, 9.17) is 0 Å². The average molecular weight is 315 g/mol. The SMILES string of the molecule is CCN(CC)S(=O)(=O)N(CCCBr)C(C)C. The van der Waals surface area contributed by atoms with Crippen molar-refractivity contribution >= 4 is 26.1 Å². The molecule has 0 atom stereocenters. The van der Waals surface area contributed by atoms with Gasteiger partial charge in [0.1, 0.15) is 0 Å². The number of hydrogen-bond acceptors (Lipinski definition) is 2. The van der Waals surface area contributed by atoms with E-state index in [9.17, 15) is 8.42 Å². The molecule has 0 heterocycles. The maximum absolute atomic E-state index is 12.3. The first kappa shape index (κ1) is 16.4. The Morgan fingerprint density at radius 1 is 1.19 bits per heavy atom. The molecule has 6 heteroatoms. The Labute approximate surface area is 108 Å². The van der Waals surface area contributed by atoms with Crippen LogP contribution in [0.3, 0.4) is 0 Å². The van der Waals surface area contributed by atoms with Crippen LogP contribution in [0.25, 0.3) is 0 Å². The highest BCUT2D eigenvalue weighted by Gasteiger charge is 2.28. The van der Waals surface area contributed by atoms with Gasteiger partial charge in [-0.05, 0) is 20.3 Å². The van der Waals surface area contributed by atoms with Gasteiger partial charge in [0.25, 0.3) is 10.2 Å². The van der Waals surface area contributed by atoms with E-state index >= 15 is 0 Å². The largest absolute Gasteiger partial charge is 0.282 e. The zero-order chi connectivity index (χ0) is 12.8. The quantitative estimate of drug-likeness (QED) is 0.643. The second kappa shape index (κ2) is 7.63. The Hall–Kier alpha value is 0.350. The summed E-state index contributed by atoms with van der Waals surface area (Å²) < 4.78 is 27.6. The molecule has 16 heavy (non-hydrogen) atoms. The molecule has 0 fully saturated rings. The summed E-state index contributed by atoms with van der Waals surface area (Å²) in [6.07, 6.45) is 0.832. The smallest absolute Gasteiger partial charge is 0.195 e. The van der Waals surface area contributed by atoms with Gasteiger partial charge in [0, 0.05) is 31.0 Å². The fourth-order valence-corrected chi connectivity index (χ4v) is 3.65. The zero-order valence-electron chi connectivity index (χ0n) is 10.6. The maximum atomic E-state index is 12.3. The van der Waals surface area contributed by atoms with Crippen LogP contribution in [0.5, 0.6) is 0 Å². The lowest BCUT2D eigenvalue weighted by molar-refractivity contribution is 0.312. The van der Waals surface area contributed by atoms with E-state index in [0.29, 0.717) is 19.6 Å². The molecule has 4 nitrogen and oxygen atoms in total. The van der Waals surface area contributed by atoms with Gasteiger partial charge < -0.3 is 0 Å². The molecule has 0 amide bonds. The molecule has 0 aromatic heterocycles. The van der Waals surface area contributed by atoms with Crippen LogP contribution in [-0.2, 0) is 10.2 Å². The third-order valence-corrected chi connectivity index (χ3v) is 5.34. The third kappa shape index (κ3) is 4.31. The molecule has 0 N–H and O–H groups in total. The van der Waals surface area contributed by atoms with Crippen LogP contribution in [0.1, 0.15) is 34.1 Å². The Morgan fingerprint density at radius 2 is 1.69 bits per heavy atom. The lowest BCUT2D eigenvalue weighted by atomic mass is 10.4. The Bertz CT molecular complexity index is 277. The summed E-state index contributed by atoms with van der Waals surface area (Å²) in [5.41, 5.74) is 0. The Morgan fingerprint density at radius 3 is 2.00 bits per heavy atom. The highest BCUT2D eigenvalue weighted by molar-refractivity contribution is 9.09. The third-order valence-electron chi connectivity index (χ3n) is 2.42. The summed E-state index contributed by atoms with van der Waals surface area (Å²) in [6, 6.07) is 0.00431. The van der Waals surface area contributed by atoms with E-state index in [1.807, 2.05) is 27.7 Å². The van der Waals surface area contributed by atoms with E-state index in [-0.39, 0.29) is 6.04 Å². The lowest BCUT2D eigenvalue weighted by Gasteiger charge is -2.31. The standard InChI is InChI=1S/C10H23BrN2O2S/c1-5-12(6-2)16(14,15)13(10(3)4)9-7-8-11/h10H,5-9H2,1-4H3. The molecule has 0 aliphatic carbocycles. The normalized spacial score (nSPS) is 13.0. The van der Waals surface area contributed by atoms with Crippen molar-refractivity contribution in [1.82, 2.24) is 8.61 Å². The van der Waals surface area contributed by atoms with E-state index in [2.05, 4.69) is 15.9 Å². The van der Waals surface area contributed by atoms with Gasteiger partial charge in [-0.3, -0.25) is 0 Å². The first-order chi connectivity index (χ1) is 7.41. The number of hydrogen-bond donors (Lipinski definition) is 0. The van der Waals surface area contributed by atoms with Crippen LogP contribution in [-0.4, -0.2) is 48.0 Å². The molecule has 0 rings (SSSR count). The van der Waals surface area contributed by atoms with Gasteiger partial charge in [0.05, 0.1) is 0 Å². The molecular weight excluding hydrogens is 292 g/mol. The average Bonchev–Trinajstić information content (AvgIpc) is 2.18. The van der Waals surface area contributed by atoms with Gasteiger partial charge in [-0.1, -0.05) is 29.8 Å².